The lowest BCUT2D eigenvalue weighted by atomic mass is 9.47. The zero-order valence-corrected chi connectivity index (χ0v) is 15.3. The topological polar surface area (TPSA) is 57.5 Å². The van der Waals surface area contributed by atoms with Gasteiger partial charge in [0.2, 0.25) is 0 Å². The van der Waals surface area contributed by atoms with Crippen LogP contribution in [0.25, 0.3) is 0 Å². The van der Waals surface area contributed by atoms with Gasteiger partial charge >= 0.3 is 0 Å². The minimum absolute atomic E-state index is 0.0389. The van der Waals surface area contributed by atoms with E-state index in [0.717, 1.165) is 25.7 Å². The third-order valence-electron chi connectivity index (χ3n) is 8.62. The fourth-order valence-electron chi connectivity index (χ4n) is 7.36. The fraction of sp³-hybridized carbons (Fsp3) is 0.857. The molecule has 0 saturated heterocycles. The average molecular weight is 332 g/mol. The molecule has 134 valence electrons. The molecule has 3 nitrogen and oxygen atoms in total. The molecule has 4 aliphatic rings. The second kappa shape index (κ2) is 5.41. The van der Waals surface area contributed by atoms with Gasteiger partial charge in [0.15, 0.2) is 0 Å². The van der Waals surface area contributed by atoms with Crippen molar-refractivity contribution < 1.29 is 15.0 Å². The van der Waals surface area contributed by atoms with Gasteiger partial charge < -0.3 is 10.2 Å². The van der Waals surface area contributed by atoms with Gasteiger partial charge in [-0.15, -0.1) is 0 Å². The molecule has 0 aromatic rings. The van der Waals surface area contributed by atoms with Gasteiger partial charge in [-0.1, -0.05) is 25.5 Å². The number of rotatable bonds is 1. The first kappa shape index (κ1) is 16.8. The van der Waals surface area contributed by atoms with Crippen LogP contribution in [0.1, 0.15) is 65.7 Å². The number of aliphatic hydroxyl groups excluding tert-OH is 2. The van der Waals surface area contributed by atoms with Crippen LogP contribution in [0, 0.1) is 34.5 Å². The Hall–Kier alpha value is -0.670. The molecule has 24 heavy (non-hydrogen) atoms. The summed E-state index contributed by atoms with van der Waals surface area (Å²) in [6.45, 7) is 6.47. The molecule has 0 heterocycles. The Morgan fingerprint density at radius 1 is 1.12 bits per heavy atom. The summed E-state index contributed by atoms with van der Waals surface area (Å²) in [7, 11) is 0. The van der Waals surface area contributed by atoms with Crippen LogP contribution in [0.15, 0.2) is 11.6 Å². The summed E-state index contributed by atoms with van der Waals surface area (Å²) in [4.78, 5) is 12.2. The molecule has 8 atom stereocenters. The third-order valence-corrected chi connectivity index (χ3v) is 8.62. The predicted octanol–water partition coefficient (Wildman–Crippen LogP) is 3.49. The molecule has 0 spiro atoms. The van der Waals surface area contributed by atoms with Crippen LogP contribution in [-0.4, -0.2) is 28.2 Å². The Morgan fingerprint density at radius 2 is 1.88 bits per heavy atom. The van der Waals surface area contributed by atoms with Crippen molar-refractivity contribution in [2.75, 3.05) is 0 Å². The zero-order chi connectivity index (χ0) is 17.3. The van der Waals surface area contributed by atoms with E-state index in [9.17, 15) is 15.0 Å². The Bertz CT molecular complexity index is 582. The van der Waals surface area contributed by atoms with Crippen LogP contribution < -0.4 is 0 Å². The van der Waals surface area contributed by atoms with Crippen LogP contribution in [0.4, 0.5) is 0 Å². The molecule has 3 fully saturated rings. The van der Waals surface area contributed by atoms with Gasteiger partial charge in [-0.05, 0) is 80.5 Å². The Labute approximate surface area is 145 Å². The fourth-order valence-corrected chi connectivity index (χ4v) is 7.36. The molecule has 0 amide bonds. The summed E-state index contributed by atoms with van der Waals surface area (Å²) in [5.41, 5.74) is 1.60. The summed E-state index contributed by atoms with van der Waals surface area (Å²) in [6, 6.07) is 0. The molecule has 4 rings (SSSR count). The van der Waals surface area contributed by atoms with Crippen LogP contribution in [0.2, 0.25) is 0 Å². The molecule has 3 saturated carbocycles. The van der Waals surface area contributed by atoms with E-state index in [4.69, 9.17) is 0 Å². The van der Waals surface area contributed by atoms with Gasteiger partial charge in [0.25, 0.3) is 0 Å². The van der Waals surface area contributed by atoms with Crippen LogP contribution in [0.5, 0.6) is 0 Å². The van der Waals surface area contributed by atoms with Crippen molar-refractivity contribution >= 4 is 5.78 Å². The zero-order valence-electron chi connectivity index (χ0n) is 15.3. The number of carbonyl (C=O) groups excluding carboxylic acids is 1. The van der Waals surface area contributed by atoms with Crippen molar-refractivity contribution in [3.8, 4) is 0 Å². The summed E-state index contributed by atoms with van der Waals surface area (Å²) in [5, 5.41) is 20.4. The normalized spacial score (nSPS) is 53.6. The maximum Gasteiger partial charge on any atom is 0.133 e. The molecule has 0 aliphatic heterocycles. The first-order valence-corrected chi connectivity index (χ1v) is 9.83. The molecule has 0 bridgehead atoms. The van der Waals surface area contributed by atoms with Gasteiger partial charge in [-0.25, -0.2) is 0 Å². The quantitative estimate of drug-likeness (QED) is 0.723. The van der Waals surface area contributed by atoms with Gasteiger partial charge in [0.1, 0.15) is 5.78 Å². The highest BCUT2D eigenvalue weighted by atomic mass is 16.3. The lowest BCUT2D eigenvalue weighted by Gasteiger charge is -2.58. The predicted molar refractivity (Wildman–Crippen MR) is 93.3 cm³/mol. The standard InChI is InChI=1S/C21H32O3/c1-12(22)15-6-7-16-14-5-4-13-10-18(23)19(24)11-21(13,3)17(14)8-9-20(15,16)2/h4,14-19,23-24H,5-11H2,1-3H3/t14?,15-,16?,17?,18+,19?,20-,21+/m1/s1. The van der Waals surface area contributed by atoms with E-state index >= 15 is 0 Å². The highest BCUT2D eigenvalue weighted by Crippen LogP contribution is 2.66. The number of carbonyl (C=O) groups is 1. The lowest BCUT2D eigenvalue weighted by molar-refractivity contribution is -0.128. The molecular weight excluding hydrogens is 300 g/mol. The number of hydrogen-bond acceptors (Lipinski definition) is 3. The first-order chi connectivity index (χ1) is 11.3. The number of aliphatic hydroxyl groups is 2. The van der Waals surface area contributed by atoms with Gasteiger partial charge in [-0.3, -0.25) is 4.79 Å². The second-order valence-corrected chi connectivity index (χ2v) is 9.59. The third kappa shape index (κ3) is 2.13. The van der Waals surface area contributed by atoms with Crippen molar-refractivity contribution in [1.82, 2.24) is 0 Å². The van der Waals surface area contributed by atoms with E-state index in [-0.39, 0.29) is 16.7 Å². The Balaban J connectivity index is 1.67. The van der Waals surface area contributed by atoms with Gasteiger partial charge in [0, 0.05) is 5.92 Å². The highest BCUT2D eigenvalue weighted by Gasteiger charge is 2.59. The van der Waals surface area contributed by atoms with Crippen molar-refractivity contribution in [3.63, 3.8) is 0 Å². The minimum atomic E-state index is -0.594. The number of hydrogen-bond donors (Lipinski definition) is 2. The summed E-state index contributed by atoms with van der Waals surface area (Å²) < 4.78 is 0. The number of allylic oxidation sites excluding steroid dienone is 1. The van der Waals surface area contributed by atoms with Crippen molar-refractivity contribution in [3.05, 3.63) is 11.6 Å². The Morgan fingerprint density at radius 3 is 2.58 bits per heavy atom. The molecule has 0 aromatic carbocycles. The molecule has 2 N–H and O–H groups in total. The molecule has 0 aromatic heterocycles. The average Bonchev–Trinajstić information content (AvgIpc) is 2.86. The molecule has 4 aliphatic carbocycles. The highest BCUT2D eigenvalue weighted by molar-refractivity contribution is 5.79. The van der Waals surface area contributed by atoms with E-state index in [0.29, 0.717) is 36.4 Å². The van der Waals surface area contributed by atoms with Crippen molar-refractivity contribution in [2.45, 2.75) is 77.9 Å². The SMILES string of the molecule is CC(=O)[C@H]1CCC2C3CC=C4C[C@H](O)C(O)C[C@]4(C)C3CC[C@@]21C. The van der Waals surface area contributed by atoms with Crippen LogP contribution >= 0.6 is 0 Å². The molecule has 3 heteroatoms. The minimum Gasteiger partial charge on any atom is -0.390 e. The van der Waals surface area contributed by atoms with E-state index in [1.807, 2.05) is 0 Å². The summed E-state index contributed by atoms with van der Waals surface area (Å²) in [6.07, 6.45) is 8.19. The summed E-state index contributed by atoms with van der Waals surface area (Å²) in [5.74, 6) is 2.52. The number of ketones is 1. The monoisotopic (exact) mass is 332 g/mol. The van der Waals surface area contributed by atoms with Crippen molar-refractivity contribution in [2.24, 2.45) is 34.5 Å². The smallest absolute Gasteiger partial charge is 0.133 e. The van der Waals surface area contributed by atoms with Gasteiger partial charge in [0.05, 0.1) is 12.2 Å². The lowest BCUT2D eigenvalue weighted by Crippen LogP contribution is -2.53. The number of fused-ring (bicyclic) bond motifs is 5. The van der Waals surface area contributed by atoms with Crippen molar-refractivity contribution in [1.29, 1.82) is 0 Å². The molecular formula is C21H32O3. The molecule has 0 radical (unpaired) electrons. The maximum atomic E-state index is 12.2. The van der Waals surface area contributed by atoms with E-state index in [2.05, 4.69) is 19.9 Å². The number of Topliss-reactive ketones (excluding diaryl/α,β-unsaturated/α-hetero) is 1. The first-order valence-electron chi connectivity index (χ1n) is 9.83. The van der Waals surface area contributed by atoms with E-state index in [1.54, 1.807) is 6.92 Å². The second-order valence-electron chi connectivity index (χ2n) is 9.59. The largest absolute Gasteiger partial charge is 0.390 e. The van der Waals surface area contributed by atoms with Crippen LogP contribution in [0.3, 0.4) is 0 Å². The van der Waals surface area contributed by atoms with Crippen LogP contribution in [-0.2, 0) is 4.79 Å². The Kier molecular flexibility index (Phi) is 3.78. The summed E-state index contributed by atoms with van der Waals surface area (Å²) >= 11 is 0. The maximum absolute atomic E-state index is 12.2. The van der Waals surface area contributed by atoms with Gasteiger partial charge in [-0.2, -0.15) is 0 Å². The molecule has 4 unspecified atom stereocenters. The van der Waals surface area contributed by atoms with E-state index < -0.39 is 12.2 Å². The van der Waals surface area contributed by atoms with E-state index in [1.165, 1.54) is 12.0 Å².